The minimum atomic E-state index is -1.07. The van der Waals surface area contributed by atoms with E-state index in [4.69, 9.17) is 16.3 Å². The van der Waals surface area contributed by atoms with Crippen LogP contribution in [-0.4, -0.2) is 33.5 Å². The zero-order valence-electron chi connectivity index (χ0n) is 16.9. The van der Waals surface area contributed by atoms with Crippen LogP contribution in [0.5, 0.6) is 5.75 Å². The van der Waals surface area contributed by atoms with E-state index in [9.17, 15) is 9.90 Å². The van der Waals surface area contributed by atoms with Crippen molar-refractivity contribution < 1.29 is 14.6 Å². The summed E-state index contributed by atoms with van der Waals surface area (Å²) in [5, 5.41) is 18.2. The normalized spacial score (nSPS) is 11.5. The maximum absolute atomic E-state index is 12.0. The number of ether oxygens (including phenoxy) is 1. The van der Waals surface area contributed by atoms with E-state index in [-0.39, 0.29) is 11.2 Å². The van der Waals surface area contributed by atoms with Crippen molar-refractivity contribution >= 4 is 17.6 Å². The third-order valence-corrected chi connectivity index (χ3v) is 4.67. The van der Waals surface area contributed by atoms with Crippen LogP contribution in [0.3, 0.4) is 0 Å². The Labute approximate surface area is 175 Å². The highest BCUT2D eigenvalue weighted by Gasteiger charge is 2.25. The summed E-state index contributed by atoms with van der Waals surface area (Å²) in [6, 6.07) is 14.6. The minimum Gasteiger partial charge on any atom is -0.497 e. The van der Waals surface area contributed by atoms with Crippen LogP contribution in [0, 0.1) is 0 Å². The first-order valence-corrected chi connectivity index (χ1v) is 9.58. The Morgan fingerprint density at radius 1 is 1.14 bits per heavy atom. The summed E-state index contributed by atoms with van der Waals surface area (Å²) in [4.78, 5) is 12.0. The lowest BCUT2D eigenvalue weighted by Crippen LogP contribution is -2.35. The molecule has 3 rings (SSSR count). The van der Waals surface area contributed by atoms with Gasteiger partial charge in [-0.25, -0.2) is 9.48 Å². The van der Waals surface area contributed by atoms with E-state index in [0.717, 1.165) is 17.0 Å². The maximum Gasteiger partial charge on any atom is 0.356 e. The molecule has 0 saturated heterocycles. The molecule has 0 unspecified atom stereocenters. The molecule has 152 valence electrons. The fourth-order valence-corrected chi connectivity index (χ4v) is 3.08. The van der Waals surface area contributed by atoms with Crippen molar-refractivity contribution in [2.24, 2.45) is 0 Å². The second kappa shape index (κ2) is 8.27. The first-order chi connectivity index (χ1) is 13.7. The summed E-state index contributed by atoms with van der Waals surface area (Å²) in [5.41, 5.74) is 2.73. The smallest absolute Gasteiger partial charge is 0.356 e. The van der Waals surface area contributed by atoms with Gasteiger partial charge >= 0.3 is 5.97 Å². The van der Waals surface area contributed by atoms with Gasteiger partial charge in [0.15, 0.2) is 5.69 Å². The fraction of sp³-hybridized carbons (Fsp3) is 0.273. The van der Waals surface area contributed by atoms with Crippen LogP contribution in [0.25, 0.3) is 16.9 Å². The number of carbonyl (C=O) groups is 1. The van der Waals surface area contributed by atoms with Gasteiger partial charge in [-0.3, -0.25) is 0 Å². The lowest BCUT2D eigenvalue weighted by molar-refractivity contribution is 0.0688. The van der Waals surface area contributed by atoms with Crippen LogP contribution < -0.4 is 10.1 Å². The molecule has 2 N–H and O–H groups in total. The molecule has 3 aromatic rings. The first kappa shape index (κ1) is 20.9. The molecule has 0 saturated carbocycles. The van der Waals surface area contributed by atoms with Crippen molar-refractivity contribution in [1.29, 1.82) is 0 Å². The van der Waals surface area contributed by atoms with Crippen LogP contribution in [0.4, 0.5) is 0 Å². The number of benzene rings is 2. The number of carboxylic acid groups (broad SMARTS) is 1. The van der Waals surface area contributed by atoms with Crippen LogP contribution in [0.15, 0.2) is 48.5 Å². The summed E-state index contributed by atoms with van der Waals surface area (Å²) >= 11 is 6.03. The number of nitrogens with one attached hydrogen (secondary N) is 1. The number of nitrogens with zero attached hydrogens (tertiary/aromatic N) is 2. The van der Waals surface area contributed by atoms with Crippen LogP contribution >= 0.6 is 11.6 Å². The monoisotopic (exact) mass is 413 g/mol. The molecule has 0 bridgehead atoms. The Hall–Kier alpha value is -2.83. The Morgan fingerprint density at radius 3 is 2.28 bits per heavy atom. The van der Waals surface area contributed by atoms with E-state index in [2.05, 4.69) is 10.4 Å². The van der Waals surface area contributed by atoms with Crippen LogP contribution in [-0.2, 0) is 6.54 Å². The van der Waals surface area contributed by atoms with Gasteiger partial charge in [0.2, 0.25) is 0 Å². The molecular weight excluding hydrogens is 390 g/mol. The Kier molecular flexibility index (Phi) is 5.96. The van der Waals surface area contributed by atoms with Crippen molar-refractivity contribution in [3.8, 4) is 22.7 Å². The third-order valence-electron chi connectivity index (χ3n) is 4.42. The highest BCUT2D eigenvalue weighted by atomic mass is 35.5. The predicted molar refractivity (Wildman–Crippen MR) is 114 cm³/mol. The van der Waals surface area contributed by atoms with Gasteiger partial charge in [0.1, 0.15) is 5.75 Å². The van der Waals surface area contributed by atoms with Gasteiger partial charge in [0.05, 0.1) is 18.5 Å². The summed E-state index contributed by atoms with van der Waals surface area (Å²) in [6.45, 7) is 6.46. The van der Waals surface area contributed by atoms with E-state index < -0.39 is 5.97 Å². The van der Waals surface area contributed by atoms with Crippen molar-refractivity contribution in [3.05, 3.63) is 64.8 Å². The van der Waals surface area contributed by atoms with Crippen LogP contribution in [0.1, 0.15) is 36.8 Å². The Balaban J connectivity index is 2.23. The number of hydrogen-bond acceptors (Lipinski definition) is 4. The molecule has 1 aromatic heterocycles. The topological polar surface area (TPSA) is 76.4 Å². The molecule has 0 fully saturated rings. The van der Waals surface area contributed by atoms with Gasteiger partial charge in [-0.2, -0.15) is 5.10 Å². The quantitative estimate of drug-likeness (QED) is 0.607. The number of rotatable bonds is 6. The molecule has 29 heavy (non-hydrogen) atoms. The Morgan fingerprint density at radius 2 is 1.76 bits per heavy atom. The van der Waals surface area contributed by atoms with Gasteiger partial charge in [-0.05, 0) is 69.3 Å². The maximum atomic E-state index is 12.0. The third kappa shape index (κ3) is 4.78. The number of aromatic carboxylic acids is 1. The highest BCUT2D eigenvalue weighted by Crippen LogP contribution is 2.31. The molecule has 0 amide bonds. The summed E-state index contributed by atoms with van der Waals surface area (Å²) in [6.07, 6.45) is 0. The standard InChI is InChI=1S/C22H24ClN3O3/c1-22(2,3)24-13-18-19(21(27)28)25-26(16-9-7-15(23)8-10-16)20(18)14-5-11-17(29-4)12-6-14/h5-12,24H,13H2,1-4H3,(H,27,28). The van der Waals surface area contributed by atoms with Crippen LogP contribution in [0.2, 0.25) is 5.02 Å². The summed E-state index contributed by atoms with van der Waals surface area (Å²) in [5.74, 6) is -0.350. The largest absolute Gasteiger partial charge is 0.497 e. The van der Waals surface area contributed by atoms with Gasteiger partial charge in [-0.1, -0.05) is 11.6 Å². The molecule has 0 spiro atoms. The fourth-order valence-electron chi connectivity index (χ4n) is 2.96. The second-order valence-corrected chi connectivity index (χ2v) is 8.14. The first-order valence-electron chi connectivity index (χ1n) is 9.20. The molecule has 1 heterocycles. The van der Waals surface area contributed by atoms with E-state index in [1.54, 1.807) is 23.9 Å². The lowest BCUT2D eigenvalue weighted by Gasteiger charge is -2.21. The van der Waals surface area contributed by atoms with E-state index in [0.29, 0.717) is 22.8 Å². The molecule has 0 aliphatic rings. The highest BCUT2D eigenvalue weighted by molar-refractivity contribution is 6.30. The van der Waals surface area contributed by atoms with Crippen molar-refractivity contribution in [2.75, 3.05) is 7.11 Å². The average Bonchev–Trinajstić information content (AvgIpc) is 3.06. The van der Waals surface area contributed by atoms with Crippen molar-refractivity contribution in [2.45, 2.75) is 32.9 Å². The second-order valence-electron chi connectivity index (χ2n) is 7.70. The number of hydrogen-bond donors (Lipinski definition) is 2. The van der Waals surface area contributed by atoms with E-state index in [1.165, 1.54) is 0 Å². The SMILES string of the molecule is COc1ccc(-c2c(CNC(C)(C)C)c(C(=O)O)nn2-c2ccc(Cl)cc2)cc1. The minimum absolute atomic E-state index is 0.0162. The number of methoxy groups -OCH3 is 1. The molecule has 0 aliphatic heterocycles. The summed E-state index contributed by atoms with van der Waals surface area (Å²) in [7, 11) is 1.61. The van der Waals surface area contributed by atoms with Gasteiger partial charge in [0, 0.05) is 28.2 Å². The predicted octanol–water partition coefficient (Wildman–Crippen LogP) is 4.79. The van der Waals surface area contributed by atoms with E-state index >= 15 is 0 Å². The zero-order chi connectivity index (χ0) is 21.2. The Bertz CT molecular complexity index is 1000. The molecule has 0 aliphatic carbocycles. The molecular formula is C22H24ClN3O3. The average molecular weight is 414 g/mol. The van der Waals surface area contributed by atoms with E-state index in [1.807, 2.05) is 57.2 Å². The molecule has 0 radical (unpaired) electrons. The lowest BCUT2D eigenvalue weighted by atomic mass is 10.0. The van der Waals surface area contributed by atoms with Crippen molar-refractivity contribution in [3.63, 3.8) is 0 Å². The van der Waals surface area contributed by atoms with Gasteiger partial charge in [0.25, 0.3) is 0 Å². The van der Waals surface area contributed by atoms with Gasteiger partial charge < -0.3 is 15.2 Å². The zero-order valence-corrected chi connectivity index (χ0v) is 17.6. The summed E-state index contributed by atoms with van der Waals surface area (Å²) < 4.78 is 6.91. The number of carboxylic acids is 1. The molecule has 6 nitrogen and oxygen atoms in total. The molecule has 7 heteroatoms. The molecule has 2 aromatic carbocycles. The van der Waals surface area contributed by atoms with Gasteiger partial charge in [-0.15, -0.1) is 0 Å². The van der Waals surface area contributed by atoms with Crippen molar-refractivity contribution in [1.82, 2.24) is 15.1 Å². The number of halogens is 1. The molecule has 0 atom stereocenters. The number of aromatic nitrogens is 2.